The number of hydrogen-bond donors (Lipinski definition) is 3. The van der Waals surface area contributed by atoms with Gasteiger partial charge < -0.3 is 20.4 Å². The number of morpholine rings is 1. The minimum atomic E-state index is 0. The molecule has 7 heteroatoms. The van der Waals surface area contributed by atoms with Crippen LogP contribution in [0.2, 0.25) is 0 Å². The lowest BCUT2D eigenvalue weighted by atomic mass is 10.1. The molecule has 1 amide bonds. The number of benzene rings is 2. The monoisotopic (exact) mass is 386 g/mol. The average molecular weight is 387 g/mol. The summed E-state index contributed by atoms with van der Waals surface area (Å²) in [5, 5.41) is 6.26. The Bertz CT molecular complexity index is 855. The zero-order valence-electron chi connectivity index (χ0n) is 14.9. The quantitative estimate of drug-likeness (QED) is 0.629. The molecular formula is C20H23ClN4O2. The molecule has 0 spiro atoms. The number of halogens is 1. The SMILES string of the molecule is Cl.O=C(CC1COCCN1)NCc1ccc(-c2nc3ccccc3[nH]2)cc1. The normalized spacial score (nSPS) is 16.7. The number of carbonyl (C=O) groups excluding carboxylic acids is 1. The zero-order chi connectivity index (χ0) is 17.8. The van der Waals surface area contributed by atoms with Crippen LogP contribution in [0.15, 0.2) is 48.5 Å². The van der Waals surface area contributed by atoms with Crippen molar-refractivity contribution >= 4 is 29.3 Å². The Morgan fingerprint density at radius 1 is 1.19 bits per heavy atom. The standard InChI is InChI=1S/C20H22N4O2.ClH/c25-19(11-16-13-26-10-9-21-16)22-12-14-5-7-15(8-6-14)20-23-17-3-1-2-4-18(17)24-20;/h1-8,16,21H,9-13H2,(H,22,25)(H,23,24);1H. The zero-order valence-corrected chi connectivity index (χ0v) is 15.7. The van der Waals surface area contributed by atoms with Gasteiger partial charge >= 0.3 is 0 Å². The van der Waals surface area contributed by atoms with E-state index in [9.17, 15) is 4.79 Å². The van der Waals surface area contributed by atoms with Gasteiger partial charge in [0.05, 0.1) is 24.2 Å². The Kier molecular flexibility index (Phi) is 6.45. The Hall–Kier alpha value is -2.41. The Labute approximate surface area is 164 Å². The van der Waals surface area contributed by atoms with E-state index >= 15 is 0 Å². The number of ether oxygens (including phenoxy) is 1. The number of fused-ring (bicyclic) bond motifs is 1. The van der Waals surface area contributed by atoms with E-state index < -0.39 is 0 Å². The first kappa shape index (κ1) is 19.4. The highest BCUT2D eigenvalue weighted by Gasteiger charge is 2.16. The molecule has 1 saturated heterocycles. The molecule has 3 N–H and O–H groups in total. The molecule has 1 aliphatic rings. The van der Waals surface area contributed by atoms with Crippen LogP contribution in [0.25, 0.3) is 22.4 Å². The first-order chi connectivity index (χ1) is 12.8. The van der Waals surface area contributed by atoms with Crippen molar-refractivity contribution in [2.24, 2.45) is 0 Å². The first-order valence-electron chi connectivity index (χ1n) is 8.90. The van der Waals surface area contributed by atoms with Crippen LogP contribution in [0.4, 0.5) is 0 Å². The number of aromatic nitrogens is 2. The largest absolute Gasteiger partial charge is 0.378 e. The lowest BCUT2D eigenvalue weighted by molar-refractivity contribution is -0.122. The van der Waals surface area contributed by atoms with E-state index in [1.54, 1.807) is 0 Å². The van der Waals surface area contributed by atoms with Crippen LogP contribution in [-0.2, 0) is 16.1 Å². The molecule has 2 heterocycles. The molecular weight excluding hydrogens is 364 g/mol. The Morgan fingerprint density at radius 2 is 2.00 bits per heavy atom. The van der Waals surface area contributed by atoms with Gasteiger partial charge in [-0.1, -0.05) is 36.4 Å². The molecule has 1 unspecified atom stereocenters. The van der Waals surface area contributed by atoms with Crippen molar-refractivity contribution in [3.63, 3.8) is 0 Å². The molecule has 1 aromatic heterocycles. The molecule has 3 aromatic rings. The summed E-state index contributed by atoms with van der Waals surface area (Å²) >= 11 is 0. The lowest BCUT2D eigenvalue weighted by Crippen LogP contribution is -2.44. The molecule has 0 radical (unpaired) electrons. The van der Waals surface area contributed by atoms with E-state index in [4.69, 9.17) is 4.74 Å². The Balaban J connectivity index is 0.00000210. The predicted molar refractivity (Wildman–Crippen MR) is 108 cm³/mol. The molecule has 27 heavy (non-hydrogen) atoms. The van der Waals surface area contributed by atoms with E-state index in [1.165, 1.54) is 0 Å². The third-order valence-corrected chi connectivity index (χ3v) is 4.54. The van der Waals surface area contributed by atoms with Gasteiger partial charge in [-0.15, -0.1) is 12.4 Å². The molecule has 2 aromatic carbocycles. The average Bonchev–Trinajstić information content (AvgIpc) is 3.12. The minimum absolute atomic E-state index is 0. The molecule has 1 fully saturated rings. The maximum absolute atomic E-state index is 12.1. The van der Waals surface area contributed by atoms with Gasteiger partial charge in [-0.05, 0) is 17.7 Å². The maximum atomic E-state index is 12.1. The number of rotatable bonds is 5. The fourth-order valence-electron chi connectivity index (χ4n) is 3.12. The van der Waals surface area contributed by atoms with Crippen LogP contribution in [0, 0.1) is 0 Å². The fraction of sp³-hybridized carbons (Fsp3) is 0.300. The van der Waals surface area contributed by atoms with Crippen LogP contribution >= 0.6 is 12.4 Å². The number of aromatic amines is 1. The number of H-pyrrole nitrogens is 1. The van der Waals surface area contributed by atoms with Gasteiger partial charge in [0.2, 0.25) is 5.91 Å². The number of hydrogen-bond acceptors (Lipinski definition) is 4. The van der Waals surface area contributed by atoms with E-state index in [1.807, 2.05) is 48.5 Å². The van der Waals surface area contributed by atoms with Gasteiger partial charge in [-0.3, -0.25) is 4.79 Å². The summed E-state index contributed by atoms with van der Waals surface area (Å²) in [5.74, 6) is 0.888. The van der Waals surface area contributed by atoms with Crippen molar-refractivity contribution in [3.8, 4) is 11.4 Å². The molecule has 142 valence electrons. The molecule has 1 aliphatic heterocycles. The van der Waals surface area contributed by atoms with Crippen LogP contribution in [0.5, 0.6) is 0 Å². The van der Waals surface area contributed by atoms with Crippen molar-refractivity contribution in [2.75, 3.05) is 19.8 Å². The topological polar surface area (TPSA) is 79.0 Å². The summed E-state index contributed by atoms with van der Waals surface area (Å²) in [6, 6.07) is 16.2. The maximum Gasteiger partial charge on any atom is 0.221 e. The third-order valence-electron chi connectivity index (χ3n) is 4.54. The predicted octanol–water partition coefficient (Wildman–Crippen LogP) is 2.65. The summed E-state index contributed by atoms with van der Waals surface area (Å²) in [6.45, 7) is 2.64. The third kappa shape index (κ3) is 4.86. The number of nitrogens with zero attached hydrogens (tertiary/aromatic N) is 1. The number of nitrogens with one attached hydrogen (secondary N) is 3. The van der Waals surface area contributed by atoms with E-state index in [-0.39, 0.29) is 24.4 Å². The van der Waals surface area contributed by atoms with Gasteiger partial charge in [-0.25, -0.2) is 4.98 Å². The van der Waals surface area contributed by atoms with Crippen LogP contribution in [0.1, 0.15) is 12.0 Å². The fourth-order valence-corrected chi connectivity index (χ4v) is 3.12. The first-order valence-corrected chi connectivity index (χ1v) is 8.90. The van der Waals surface area contributed by atoms with Crippen molar-refractivity contribution in [1.82, 2.24) is 20.6 Å². The molecule has 6 nitrogen and oxygen atoms in total. The number of imidazole rings is 1. The molecule has 0 bridgehead atoms. The summed E-state index contributed by atoms with van der Waals surface area (Å²) in [4.78, 5) is 20.0. The molecule has 0 aliphatic carbocycles. The molecule has 1 atom stereocenters. The molecule has 4 rings (SSSR count). The van der Waals surface area contributed by atoms with Gasteiger partial charge in [-0.2, -0.15) is 0 Å². The number of amides is 1. The molecule has 0 saturated carbocycles. The van der Waals surface area contributed by atoms with E-state index in [0.29, 0.717) is 19.6 Å². The minimum Gasteiger partial charge on any atom is -0.378 e. The van der Waals surface area contributed by atoms with Crippen molar-refractivity contribution in [2.45, 2.75) is 19.0 Å². The summed E-state index contributed by atoms with van der Waals surface area (Å²) < 4.78 is 5.37. The van der Waals surface area contributed by atoms with Crippen molar-refractivity contribution < 1.29 is 9.53 Å². The van der Waals surface area contributed by atoms with Crippen LogP contribution in [-0.4, -0.2) is 41.7 Å². The highest BCUT2D eigenvalue weighted by atomic mass is 35.5. The van der Waals surface area contributed by atoms with Crippen molar-refractivity contribution in [3.05, 3.63) is 54.1 Å². The summed E-state index contributed by atoms with van der Waals surface area (Å²) in [6.07, 6.45) is 0.442. The van der Waals surface area contributed by atoms with Crippen molar-refractivity contribution in [1.29, 1.82) is 0 Å². The second-order valence-corrected chi connectivity index (χ2v) is 6.51. The highest BCUT2D eigenvalue weighted by molar-refractivity contribution is 5.85. The summed E-state index contributed by atoms with van der Waals surface area (Å²) in [7, 11) is 0. The van der Waals surface area contributed by atoms with Gasteiger partial charge in [0.15, 0.2) is 0 Å². The number of para-hydroxylation sites is 2. The van der Waals surface area contributed by atoms with Gasteiger partial charge in [0.25, 0.3) is 0 Å². The second-order valence-electron chi connectivity index (χ2n) is 6.51. The smallest absolute Gasteiger partial charge is 0.221 e. The van der Waals surface area contributed by atoms with E-state index in [0.717, 1.165) is 41.1 Å². The summed E-state index contributed by atoms with van der Waals surface area (Å²) in [5.41, 5.74) is 4.07. The Morgan fingerprint density at radius 3 is 2.74 bits per heavy atom. The van der Waals surface area contributed by atoms with Gasteiger partial charge in [0.1, 0.15) is 5.82 Å². The lowest BCUT2D eigenvalue weighted by Gasteiger charge is -2.23. The van der Waals surface area contributed by atoms with Crippen LogP contribution < -0.4 is 10.6 Å². The van der Waals surface area contributed by atoms with Crippen LogP contribution in [0.3, 0.4) is 0 Å². The van der Waals surface area contributed by atoms with Gasteiger partial charge in [0, 0.05) is 31.1 Å². The number of carbonyl (C=O) groups is 1. The highest BCUT2D eigenvalue weighted by Crippen LogP contribution is 2.20. The second kappa shape index (κ2) is 8.99. The van der Waals surface area contributed by atoms with E-state index in [2.05, 4.69) is 20.6 Å².